The van der Waals surface area contributed by atoms with Crippen LogP contribution in [0.5, 0.6) is 0 Å². The van der Waals surface area contributed by atoms with Crippen LogP contribution in [-0.2, 0) is 18.2 Å². The van der Waals surface area contributed by atoms with E-state index in [0.29, 0.717) is 0 Å². The largest absolute Gasteiger partial charge is 0.462 e. The lowest BCUT2D eigenvalue weighted by atomic mass is 10.1. The monoisotopic (exact) mass is 318 g/mol. The minimum Gasteiger partial charge on any atom is -0.462 e. The van der Waals surface area contributed by atoms with Crippen molar-refractivity contribution in [2.45, 2.75) is 20.3 Å². The molecule has 0 fully saturated rings. The first-order valence-corrected chi connectivity index (χ1v) is 7.39. The molecule has 0 radical (unpaired) electrons. The van der Waals surface area contributed by atoms with Crippen molar-refractivity contribution in [3.05, 3.63) is 57.8 Å². The van der Waals surface area contributed by atoms with Crippen LogP contribution in [0.15, 0.2) is 35.3 Å². The standard InChI is InChI=1S/C17H19FN2O3/c1-4-11-6-7-14(13(18)8-11)19-15-9-16(21)20(3)10-12(15)17(22)23-5-2/h6-10,19H,4-5H2,1-3H3. The van der Waals surface area contributed by atoms with Gasteiger partial charge in [-0.15, -0.1) is 0 Å². The maximum atomic E-state index is 14.1. The van der Waals surface area contributed by atoms with Gasteiger partial charge in [0.25, 0.3) is 5.56 Å². The van der Waals surface area contributed by atoms with Gasteiger partial charge in [-0.2, -0.15) is 0 Å². The zero-order valence-corrected chi connectivity index (χ0v) is 13.4. The van der Waals surface area contributed by atoms with E-state index < -0.39 is 11.8 Å². The zero-order chi connectivity index (χ0) is 17.0. The predicted molar refractivity (Wildman–Crippen MR) is 86.7 cm³/mol. The molecule has 0 saturated carbocycles. The summed E-state index contributed by atoms with van der Waals surface area (Å²) >= 11 is 0. The third-order valence-corrected chi connectivity index (χ3v) is 3.43. The minimum atomic E-state index is -0.573. The summed E-state index contributed by atoms with van der Waals surface area (Å²) < 4.78 is 20.4. The van der Waals surface area contributed by atoms with E-state index in [9.17, 15) is 14.0 Å². The van der Waals surface area contributed by atoms with Gasteiger partial charge in [0.15, 0.2) is 0 Å². The topological polar surface area (TPSA) is 60.3 Å². The average Bonchev–Trinajstić information content (AvgIpc) is 2.52. The van der Waals surface area contributed by atoms with Crippen molar-refractivity contribution in [3.63, 3.8) is 0 Å². The molecule has 5 nitrogen and oxygen atoms in total. The van der Waals surface area contributed by atoms with Crippen LogP contribution in [0.1, 0.15) is 29.8 Å². The molecule has 1 aromatic heterocycles. The van der Waals surface area contributed by atoms with E-state index in [1.807, 2.05) is 6.92 Å². The Hall–Kier alpha value is -2.63. The van der Waals surface area contributed by atoms with Crippen LogP contribution in [-0.4, -0.2) is 17.1 Å². The highest BCUT2D eigenvalue weighted by atomic mass is 19.1. The molecule has 1 heterocycles. The number of esters is 1. The first kappa shape index (κ1) is 16.7. The maximum absolute atomic E-state index is 14.1. The lowest BCUT2D eigenvalue weighted by Crippen LogP contribution is -2.20. The molecule has 0 aliphatic heterocycles. The van der Waals surface area contributed by atoms with Crippen LogP contribution in [0.25, 0.3) is 0 Å². The number of pyridine rings is 1. The van der Waals surface area contributed by atoms with Gasteiger partial charge in [0.2, 0.25) is 0 Å². The Morgan fingerprint density at radius 1 is 1.26 bits per heavy atom. The van der Waals surface area contributed by atoms with E-state index in [-0.39, 0.29) is 29.1 Å². The molecule has 1 N–H and O–H groups in total. The van der Waals surface area contributed by atoms with E-state index in [1.54, 1.807) is 19.1 Å². The lowest BCUT2D eigenvalue weighted by Gasteiger charge is -2.13. The number of aromatic nitrogens is 1. The number of hydrogen-bond donors (Lipinski definition) is 1. The first-order valence-electron chi connectivity index (χ1n) is 7.39. The smallest absolute Gasteiger partial charge is 0.341 e. The van der Waals surface area contributed by atoms with E-state index in [1.165, 1.54) is 29.9 Å². The highest BCUT2D eigenvalue weighted by Crippen LogP contribution is 2.23. The molecule has 0 atom stereocenters. The Bertz CT molecular complexity index is 784. The number of aryl methyl sites for hydroxylation is 2. The molecular formula is C17H19FN2O3. The molecule has 0 amide bonds. The number of carbonyl (C=O) groups is 1. The van der Waals surface area contributed by atoms with Gasteiger partial charge in [-0.05, 0) is 31.0 Å². The molecule has 23 heavy (non-hydrogen) atoms. The molecule has 0 aliphatic carbocycles. The molecule has 2 rings (SSSR count). The number of carbonyl (C=O) groups excluding carboxylic acids is 1. The molecule has 2 aromatic rings. The van der Waals surface area contributed by atoms with E-state index >= 15 is 0 Å². The second kappa shape index (κ2) is 7.09. The predicted octanol–water partition coefficient (Wildman–Crippen LogP) is 3.01. The summed E-state index contributed by atoms with van der Waals surface area (Å²) in [6.45, 7) is 3.83. The van der Waals surface area contributed by atoms with Crippen molar-refractivity contribution >= 4 is 17.3 Å². The van der Waals surface area contributed by atoms with Crippen molar-refractivity contribution in [2.75, 3.05) is 11.9 Å². The fraction of sp³-hybridized carbons (Fsp3) is 0.294. The van der Waals surface area contributed by atoms with Crippen molar-refractivity contribution < 1.29 is 13.9 Å². The third kappa shape index (κ3) is 3.77. The molecule has 0 spiro atoms. The highest BCUT2D eigenvalue weighted by Gasteiger charge is 2.16. The Morgan fingerprint density at radius 2 is 2.00 bits per heavy atom. The second-order valence-corrected chi connectivity index (χ2v) is 5.06. The number of nitrogens with one attached hydrogen (secondary N) is 1. The van der Waals surface area contributed by atoms with Gasteiger partial charge in [-0.3, -0.25) is 4.79 Å². The fourth-order valence-corrected chi connectivity index (χ4v) is 2.13. The number of nitrogens with zero attached hydrogens (tertiary/aromatic N) is 1. The van der Waals surface area contributed by atoms with Crippen molar-refractivity contribution in [1.82, 2.24) is 4.57 Å². The number of ether oxygens (including phenoxy) is 1. The van der Waals surface area contributed by atoms with Gasteiger partial charge in [0.1, 0.15) is 5.82 Å². The van der Waals surface area contributed by atoms with Crippen LogP contribution in [0, 0.1) is 5.82 Å². The molecule has 122 valence electrons. The second-order valence-electron chi connectivity index (χ2n) is 5.06. The highest BCUT2D eigenvalue weighted by molar-refractivity contribution is 5.96. The number of rotatable bonds is 5. The quantitative estimate of drug-likeness (QED) is 0.861. The van der Waals surface area contributed by atoms with Crippen molar-refractivity contribution in [3.8, 4) is 0 Å². The summed E-state index contributed by atoms with van der Waals surface area (Å²) in [6.07, 6.45) is 2.10. The Morgan fingerprint density at radius 3 is 2.61 bits per heavy atom. The molecule has 1 aromatic carbocycles. The van der Waals surface area contributed by atoms with Crippen LogP contribution in [0.4, 0.5) is 15.8 Å². The summed E-state index contributed by atoms with van der Waals surface area (Å²) in [5, 5.41) is 2.81. The summed E-state index contributed by atoms with van der Waals surface area (Å²) in [4.78, 5) is 23.9. The Labute approximate surface area is 133 Å². The van der Waals surface area contributed by atoms with Gasteiger partial charge in [-0.1, -0.05) is 13.0 Å². The molecule has 0 saturated heterocycles. The van der Waals surface area contributed by atoms with E-state index in [0.717, 1.165) is 12.0 Å². The SMILES string of the molecule is CCOC(=O)c1cn(C)c(=O)cc1Nc1ccc(CC)cc1F. The normalized spacial score (nSPS) is 10.4. The first-order chi connectivity index (χ1) is 11.0. The molecular weight excluding hydrogens is 299 g/mol. The Kier molecular flexibility index (Phi) is 5.16. The minimum absolute atomic E-state index is 0.174. The molecule has 0 aliphatic rings. The maximum Gasteiger partial charge on any atom is 0.341 e. The van der Waals surface area contributed by atoms with Gasteiger partial charge < -0.3 is 14.6 Å². The van der Waals surface area contributed by atoms with Crippen LogP contribution in [0.2, 0.25) is 0 Å². The third-order valence-electron chi connectivity index (χ3n) is 3.43. The lowest BCUT2D eigenvalue weighted by molar-refractivity contribution is 0.0526. The number of anilines is 2. The van der Waals surface area contributed by atoms with Gasteiger partial charge >= 0.3 is 5.97 Å². The number of hydrogen-bond acceptors (Lipinski definition) is 4. The fourth-order valence-electron chi connectivity index (χ4n) is 2.13. The van der Waals surface area contributed by atoms with Crippen LogP contribution >= 0.6 is 0 Å². The van der Waals surface area contributed by atoms with Crippen LogP contribution in [0.3, 0.4) is 0 Å². The summed E-state index contributed by atoms with van der Waals surface area (Å²) in [5.74, 6) is -1.02. The Balaban J connectivity index is 2.44. The van der Waals surface area contributed by atoms with Gasteiger partial charge in [0, 0.05) is 19.3 Å². The van der Waals surface area contributed by atoms with Gasteiger partial charge in [0.05, 0.1) is 23.5 Å². The molecule has 6 heteroatoms. The van der Waals surface area contributed by atoms with Crippen LogP contribution < -0.4 is 10.9 Å². The summed E-state index contributed by atoms with van der Waals surface area (Å²) in [5.41, 5.74) is 1.14. The summed E-state index contributed by atoms with van der Waals surface area (Å²) in [7, 11) is 1.53. The zero-order valence-electron chi connectivity index (χ0n) is 13.4. The summed E-state index contributed by atoms with van der Waals surface area (Å²) in [6, 6.07) is 6.05. The molecule has 0 bridgehead atoms. The van der Waals surface area contributed by atoms with Crippen molar-refractivity contribution in [2.24, 2.45) is 7.05 Å². The van der Waals surface area contributed by atoms with Crippen molar-refractivity contribution in [1.29, 1.82) is 0 Å². The number of benzene rings is 1. The molecule has 0 unspecified atom stereocenters. The average molecular weight is 318 g/mol. The number of halogens is 1. The van der Waals surface area contributed by atoms with Gasteiger partial charge in [-0.25, -0.2) is 9.18 Å². The van der Waals surface area contributed by atoms with E-state index in [4.69, 9.17) is 4.74 Å². The van der Waals surface area contributed by atoms with E-state index in [2.05, 4.69) is 5.32 Å².